The topological polar surface area (TPSA) is 58.2 Å². The minimum absolute atomic E-state index is 0.0922. The van der Waals surface area contributed by atoms with Crippen molar-refractivity contribution in [2.45, 2.75) is 12.6 Å². The number of aromatic nitrogens is 2. The van der Waals surface area contributed by atoms with Crippen molar-refractivity contribution in [2.75, 3.05) is 7.11 Å². The fourth-order valence-electron chi connectivity index (χ4n) is 4.12. The zero-order valence-electron chi connectivity index (χ0n) is 16.9. The SMILES string of the molecule is COc1ccc(CN2C(=O)c3[nH]nc(-c4ccccc4)c3C2c2ccccc2Cl)cc1. The number of benzene rings is 3. The van der Waals surface area contributed by atoms with Gasteiger partial charge >= 0.3 is 0 Å². The van der Waals surface area contributed by atoms with Crippen molar-refractivity contribution < 1.29 is 9.53 Å². The highest BCUT2D eigenvalue weighted by molar-refractivity contribution is 6.31. The van der Waals surface area contributed by atoms with E-state index < -0.39 is 0 Å². The van der Waals surface area contributed by atoms with Crippen LogP contribution in [-0.2, 0) is 6.54 Å². The maximum Gasteiger partial charge on any atom is 0.273 e. The molecule has 2 heterocycles. The van der Waals surface area contributed by atoms with E-state index in [0.29, 0.717) is 17.3 Å². The van der Waals surface area contributed by atoms with Crippen LogP contribution in [0.15, 0.2) is 78.9 Å². The summed E-state index contributed by atoms with van der Waals surface area (Å²) in [4.78, 5) is 15.3. The Bertz CT molecular complexity index is 1240. The first-order chi connectivity index (χ1) is 15.2. The van der Waals surface area contributed by atoms with Crippen LogP contribution in [0.4, 0.5) is 0 Å². The molecule has 0 fully saturated rings. The second-order valence-corrected chi connectivity index (χ2v) is 7.84. The van der Waals surface area contributed by atoms with Gasteiger partial charge in [-0.3, -0.25) is 9.89 Å². The van der Waals surface area contributed by atoms with Crippen molar-refractivity contribution in [1.82, 2.24) is 15.1 Å². The third-order valence-corrected chi connectivity index (χ3v) is 5.97. The number of nitrogens with zero attached hydrogens (tertiary/aromatic N) is 2. The number of carbonyl (C=O) groups excluding carboxylic acids is 1. The average Bonchev–Trinajstić information content (AvgIpc) is 3.35. The van der Waals surface area contributed by atoms with E-state index in [2.05, 4.69) is 10.2 Å². The first kappa shape index (κ1) is 19.4. The van der Waals surface area contributed by atoms with Crippen LogP contribution in [0, 0.1) is 0 Å². The highest BCUT2D eigenvalue weighted by atomic mass is 35.5. The molecule has 0 spiro atoms. The lowest BCUT2D eigenvalue weighted by Gasteiger charge is -2.27. The largest absolute Gasteiger partial charge is 0.497 e. The fourth-order valence-corrected chi connectivity index (χ4v) is 4.36. The van der Waals surface area contributed by atoms with Gasteiger partial charge in [0.2, 0.25) is 0 Å². The summed E-state index contributed by atoms with van der Waals surface area (Å²) in [6.45, 7) is 0.440. The van der Waals surface area contributed by atoms with E-state index in [1.165, 1.54) is 0 Å². The predicted octanol–water partition coefficient (Wildman–Crippen LogP) is 5.48. The monoisotopic (exact) mass is 429 g/mol. The van der Waals surface area contributed by atoms with Crippen LogP contribution >= 0.6 is 11.6 Å². The molecule has 5 rings (SSSR count). The number of methoxy groups -OCH3 is 1. The quantitative estimate of drug-likeness (QED) is 0.456. The molecule has 1 atom stereocenters. The summed E-state index contributed by atoms with van der Waals surface area (Å²) in [6.07, 6.45) is 0. The lowest BCUT2D eigenvalue weighted by molar-refractivity contribution is 0.0730. The molecular formula is C25H20ClN3O2. The summed E-state index contributed by atoms with van der Waals surface area (Å²) in [5, 5.41) is 8.10. The van der Waals surface area contributed by atoms with Crippen molar-refractivity contribution in [2.24, 2.45) is 0 Å². The van der Waals surface area contributed by atoms with E-state index in [1.54, 1.807) is 7.11 Å². The Kier molecular flexibility index (Phi) is 4.96. The van der Waals surface area contributed by atoms with Gasteiger partial charge in [-0.2, -0.15) is 5.10 Å². The number of H-pyrrole nitrogens is 1. The molecule has 3 aromatic carbocycles. The second-order valence-electron chi connectivity index (χ2n) is 7.43. The van der Waals surface area contributed by atoms with Crippen LogP contribution in [0.2, 0.25) is 5.02 Å². The zero-order chi connectivity index (χ0) is 21.4. The number of fused-ring (bicyclic) bond motifs is 1. The van der Waals surface area contributed by atoms with E-state index >= 15 is 0 Å². The fraction of sp³-hybridized carbons (Fsp3) is 0.120. The maximum absolute atomic E-state index is 13.5. The van der Waals surface area contributed by atoms with Crippen molar-refractivity contribution in [1.29, 1.82) is 0 Å². The molecule has 1 N–H and O–H groups in total. The first-order valence-electron chi connectivity index (χ1n) is 9.99. The molecule has 0 saturated carbocycles. The van der Waals surface area contributed by atoms with Crippen LogP contribution < -0.4 is 4.74 Å². The van der Waals surface area contributed by atoms with Gasteiger partial charge in [-0.1, -0.05) is 72.3 Å². The molecule has 0 saturated heterocycles. The molecule has 31 heavy (non-hydrogen) atoms. The number of nitrogens with one attached hydrogen (secondary N) is 1. The van der Waals surface area contributed by atoms with Crippen molar-refractivity contribution in [3.8, 4) is 17.0 Å². The molecule has 1 amide bonds. The normalized spacial score (nSPS) is 15.2. The van der Waals surface area contributed by atoms with E-state index in [0.717, 1.165) is 33.7 Å². The number of amides is 1. The van der Waals surface area contributed by atoms with Gasteiger partial charge in [-0.25, -0.2) is 0 Å². The number of rotatable bonds is 5. The third-order valence-electron chi connectivity index (χ3n) is 5.62. The molecule has 0 aliphatic carbocycles. The summed E-state index contributed by atoms with van der Waals surface area (Å²) >= 11 is 6.61. The Balaban J connectivity index is 1.63. The lowest BCUT2D eigenvalue weighted by Crippen LogP contribution is -2.29. The van der Waals surface area contributed by atoms with Gasteiger partial charge in [0.25, 0.3) is 5.91 Å². The molecular weight excluding hydrogens is 410 g/mol. The van der Waals surface area contributed by atoms with Crippen molar-refractivity contribution >= 4 is 17.5 Å². The summed E-state index contributed by atoms with van der Waals surface area (Å²) < 4.78 is 5.26. The van der Waals surface area contributed by atoms with Gasteiger partial charge in [-0.15, -0.1) is 0 Å². The summed E-state index contributed by atoms with van der Waals surface area (Å²) in [7, 11) is 1.64. The third kappa shape index (κ3) is 3.37. The minimum Gasteiger partial charge on any atom is -0.497 e. The van der Waals surface area contributed by atoms with Crippen LogP contribution in [0.3, 0.4) is 0 Å². The van der Waals surface area contributed by atoms with E-state index in [-0.39, 0.29) is 11.9 Å². The standard InChI is InChI=1S/C25H20ClN3O2/c1-31-18-13-11-16(12-14-18)15-29-24(19-9-5-6-10-20(19)26)21-22(17-7-3-2-4-8-17)27-28-23(21)25(29)30/h2-14,24H,15H2,1H3,(H,27,28). The number of hydrogen-bond acceptors (Lipinski definition) is 3. The highest BCUT2D eigenvalue weighted by Gasteiger charge is 2.42. The molecule has 0 bridgehead atoms. The second kappa shape index (κ2) is 7.93. The predicted molar refractivity (Wildman–Crippen MR) is 120 cm³/mol. The van der Waals surface area contributed by atoms with Gasteiger partial charge in [0.15, 0.2) is 0 Å². The lowest BCUT2D eigenvalue weighted by atomic mass is 9.96. The Morgan fingerprint density at radius 1 is 1.00 bits per heavy atom. The summed E-state index contributed by atoms with van der Waals surface area (Å²) in [5.41, 5.74) is 4.98. The number of hydrogen-bond donors (Lipinski definition) is 1. The molecule has 6 heteroatoms. The highest BCUT2D eigenvalue weighted by Crippen LogP contribution is 2.45. The number of carbonyl (C=O) groups is 1. The summed E-state index contributed by atoms with van der Waals surface area (Å²) in [5.74, 6) is 0.686. The molecule has 5 nitrogen and oxygen atoms in total. The zero-order valence-corrected chi connectivity index (χ0v) is 17.6. The molecule has 4 aromatic rings. The molecule has 0 radical (unpaired) electrons. The van der Waals surface area contributed by atoms with Crippen LogP contribution in [0.5, 0.6) is 5.75 Å². The molecule has 1 aliphatic heterocycles. The van der Waals surface area contributed by atoms with E-state index in [4.69, 9.17) is 16.3 Å². The van der Waals surface area contributed by atoms with Crippen molar-refractivity contribution in [3.63, 3.8) is 0 Å². The maximum atomic E-state index is 13.5. The molecule has 1 aromatic heterocycles. The van der Waals surface area contributed by atoms with Gasteiger partial charge in [0, 0.05) is 22.7 Å². The number of aromatic amines is 1. The Morgan fingerprint density at radius 2 is 1.71 bits per heavy atom. The average molecular weight is 430 g/mol. The van der Waals surface area contributed by atoms with E-state index in [9.17, 15) is 4.79 Å². The van der Waals surface area contributed by atoms with Gasteiger partial charge in [0.1, 0.15) is 11.4 Å². The Morgan fingerprint density at radius 3 is 2.42 bits per heavy atom. The van der Waals surface area contributed by atoms with Crippen LogP contribution in [0.25, 0.3) is 11.3 Å². The van der Waals surface area contributed by atoms with Gasteiger partial charge in [0.05, 0.1) is 18.8 Å². The Hall–Kier alpha value is -3.57. The smallest absolute Gasteiger partial charge is 0.273 e. The summed E-state index contributed by atoms with van der Waals surface area (Å²) in [6, 6.07) is 24.9. The minimum atomic E-state index is -0.341. The van der Waals surface area contributed by atoms with Crippen LogP contribution in [-0.4, -0.2) is 28.1 Å². The van der Waals surface area contributed by atoms with Gasteiger partial charge in [-0.05, 0) is 29.3 Å². The molecule has 1 unspecified atom stereocenters. The van der Waals surface area contributed by atoms with Gasteiger partial charge < -0.3 is 9.64 Å². The van der Waals surface area contributed by atoms with Crippen molar-refractivity contribution in [3.05, 3.63) is 106 Å². The first-order valence-corrected chi connectivity index (χ1v) is 10.4. The van der Waals surface area contributed by atoms with Crippen LogP contribution in [0.1, 0.15) is 33.2 Å². The number of halogens is 1. The number of ether oxygens (including phenoxy) is 1. The Labute approximate surface area is 185 Å². The molecule has 154 valence electrons. The van der Waals surface area contributed by atoms with E-state index in [1.807, 2.05) is 83.8 Å². The molecule has 1 aliphatic rings.